The Morgan fingerprint density at radius 1 is 0.865 bits per heavy atom. The lowest BCUT2D eigenvalue weighted by Gasteiger charge is -2.20. The first-order chi connectivity index (χ1) is 18.0. The number of imide groups is 1. The molecule has 0 unspecified atom stereocenters. The molecule has 1 aliphatic carbocycles. The van der Waals surface area contributed by atoms with E-state index >= 15 is 0 Å². The van der Waals surface area contributed by atoms with Gasteiger partial charge in [-0.15, -0.1) is 0 Å². The number of hydrogen-bond donors (Lipinski definition) is 1. The van der Waals surface area contributed by atoms with E-state index in [-0.39, 0.29) is 30.1 Å². The quantitative estimate of drug-likeness (QED) is 0.443. The van der Waals surface area contributed by atoms with Gasteiger partial charge in [0.2, 0.25) is 0 Å². The molecule has 3 aromatic rings. The number of fused-ring (bicyclic) bond motifs is 4. The van der Waals surface area contributed by atoms with Crippen LogP contribution in [0.5, 0.6) is 0 Å². The predicted octanol–water partition coefficient (Wildman–Crippen LogP) is 4.40. The number of benzene rings is 3. The molecule has 0 saturated carbocycles. The zero-order valence-corrected chi connectivity index (χ0v) is 20.8. The number of nitrogens with one attached hydrogen (secondary N) is 1. The summed E-state index contributed by atoms with van der Waals surface area (Å²) in [7, 11) is 0. The number of carbonyl (C=O) groups excluding carboxylic acids is 4. The molecule has 3 amide bonds. The van der Waals surface area contributed by atoms with Crippen LogP contribution >= 0.6 is 11.8 Å². The van der Waals surface area contributed by atoms with Crippen LogP contribution in [0.3, 0.4) is 0 Å². The summed E-state index contributed by atoms with van der Waals surface area (Å²) in [5.74, 6) is -1.96. The fraction of sp³-hybridized carbons (Fsp3) is 0.214. The summed E-state index contributed by atoms with van der Waals surface area (Å²) in [6.07, 6.45) is 1.31. The number of carbonyl (C=O) groups is 4. The minimum Gasteiger partial charge on any atom is -0.449 e. The van der Waals surface area contributed by atoms with Gasteiger partial charge >= 0.3 is 12.1 Å². The van der Waals surface area contributed by atoms with Crippen molar-refractivity contribution in [3.05, 3.63) is 95.1 Å². The molecule has 3 aromatic carbocycles. The third kappa shape index (κ3) is 4.70. The monoisotopic (exact) mass is 516 g/mol. The first kappa shape index (κ1) is 24.6. The average molecular weight is 517 g/mol. The Bertz CT molecular complexity index is 1310. The van der Waals surface area contributed by atoms with Crippen molar-refractivity contribution in [2.45, 2.75) is 18.4 Å². The van der Waals surface area contributed by atoms with Crippen LogP contribution in [0.25, 0.3) is 11.1 Å². The second-order valence-electron chi connectivity index (χ2n) is 8.66. The number of alkyl carbamates (subject to hydrolysis) is 1. The lowest BCUT2D eigenvalue weighted by Crippen LogP contribution is -2.46. The third-order valence-corrected chi connectivity index (χ3v) is 7.11. The summed E-state index contributed by atoms with van der Waals surface area (Å²) in [6.45, 7) is 0.0859. The highest BCUT2D eigenvalue weighted by Gasteiger charge is 2.40. The first-order valence-electron chi connectivity index (χ1n) is 11.8. The highest BCUT2D eigenvalue weighted by Crippen LogP contribution is 2.44. The van der Waals surface area contributed by atoms with Crippen molar-refractivity contribution in [1.29, 1.82) is 0 Å². The Hall–Kier alpha value is -4.11. The molecule has 0 fully saturated rings. The molecule has 0 spiro atoms. The van der Waals surface area contributed by atoms with E-state index in [0.29, 0.717) is 10.8 Å². The van der Waals surface area contributed by atoms with Crippen molar-refractivity contribution in [2.75, 3.05) is 18.6 Å². The number of rotatable bonds is 8. The third-order valence-electron chi connectivity index (χ3n) is 6.47. The van der Waals surface area contributed by atoms with E-state index in [0.717, 1.165) is 22.3 Å². The molecule has 188 valence electrons. The molecule has 37 heavy (non-hydrogen) atoms. The van der Waals surface area contributed by atoms with Gasteiger partial charge in [-0.25, -0.2) is 9.59 Å². The van der Waals surface area contributed by atoms with Gasteiger partial charge in [0.05, 0.1) is 11.1 Å². The fourth-order valence-electron chi connectivity index (χ4n) is 4.67. The van der Waals surface area contributed by atoms with E-state index in [4.69, 9.17) is 9.57 Å². The lowest BCUT2D eigenvalue weighted by atomic mass is 9.98. The van der Waals surface area contributed by atoms with Crippen molar-refractivity contribution in [2.24, 2.45) is 0 Å². The van der Waals surface area contributed by atoms with E-state index in [2.05, 4.69) is 5.32 Å². The largest absolute Gasteiger partial charge is 0.449 e. The maximum absolute atomic E-state index is 12.9. The van der Waals surface area contributed by atoms with Gasteiger partial charge in [0.1, 0.15) is 12.6 Å². The van der Waals surface area contributed by atoms with Crippen molar-refractivity contribution in [1.82, 2.24) is 10.4 Å². The molecule has 0 saturated heterocycles. The normalized spacial score (nSPS) is 14.6. The molecule has 1 aliphatic heterocycles. The molecular formula is C28H24N2O6S. The fourth-order valence-corrected chi connectivity index (χ4v) is 5.14. The van der Waals surface area contributed by atoms with Crippen LogP contribution in [0, 0.1) is 0 Å². The van der Waals surface area contributed by atoms with E-state index in [1.165, 1.54) is 23.9 Å². The van der Waals surface area contributed by atoms with Gasteiger partial charge in [0.25, 0.3) is 11.8 Å². The highest BCUT2D eigenvalue weighted by atomic mass is 32.2. The van der Waals surface area contributed by atoms with Crippen molar-refractivity contribution in [3.8, 4) is 11.1 Å². The predicted molar refractivity (Wildman–Crippen MR) is 138 cm³/mol. The maximum atomic E-state index is 12.9. The number of thioether (sulfide) groups is 1. The van der Waals surface area contributed by atoms with Gasteiger partial charge < -0.3 is 14.9 Å². The Morgan fingerprint density at radius 3 is 1.92 bits per heavy atom. The summed E-state index contributed by atoms with van der Waals surface area (Å²) >= 11 is 1.48. The number of hydrogen-bond acceptors (Lipinski definition) is 7. The zero-order chi connectivity index (χ0) is 25.9. The summed E-state index contributed by atoms with van der Waals surface area (Å²) in [4.78, 5) is 56.0. The Kier molecular flexibility index (Phi) is 6.96. The smallest absolute Gasteiger partial charge is 0.407 e. The van der Waals surface area contributed by atoms with Gasteiger partial charge in [-0.2, -0.15) is 11.8 Å². The van der Waals surface area contributed by atoms with Gasteiger partial charge in [-0.1, -0.05) is 65.7 Å². The molecule has 8 nitrogen and oxygen atoms in total. The Morgan fingerprint density at radius 2 is 1.38 bits per heavy atom. The van der Waals surface area contributed by atoms with Crippen molar-refractivity contribution < 1.29 is 28.8 Å². The van der Waals surface area contributed by atoms with Gasteiger partial charge in [0, 0.05) is 5.92 Å². The molecule has 0 bridgehead atoms. The van der Waals surface area contributed by atoms with Crippen LogP contribution < -0.4 is 5.32 Å². The van der Waals surface area contributed by atoms with E-state index in [1.54, 1.807) is 12.1 Å². The summed E-state index contributed by atoms with van der Waals surface area (Å²) < 4.78 is 5.55. The SMILES string of the molecule is CSCC[C@H](NC(=O)OCC1c2ccccc2-c2ccccc21)C(=O)ON1C(=O)c2ccccc2C1=O. The van der Waals surface area contributed by atoms with Gasteiger partial charge in [-0.3, -0.25) is 9.59 Å². The molecule has 9 heteroatoms. The summed E-state index contributed by atoms with van der Waals surface area (Å²) in [5, 5.41) is 2.99. The maximum Gasteiger partial charge on any atom is 0.407 e. The van der Waals surface area contributed by atoms with Crippen LogP contribution in [0.15, 0.2) is 72.8 Å². The van der Waals surface area contributed by atoms with Gasteiger partial charge in [0.15, 0.2) is 0 Å². The minimum absolute atomic E-state index is 0.0859. The van der Waals surface area contributed by atoms with E-state index in [9.17, 15) is 19.2 Å². The summed E-state index contributed by atoms with van der Waals surface area (Å²) in [6, 6.07) is 21.1. The Labute approximate surface area is 217 Å². The number of amides is 3. The molecule has 0 radical (unpaired) electrons. The number of nitrogens with zero attached hydrogens (tertiary/aromatic N) is 1. The van der Waals surface area contributed by atoms with Crippen LogP contribution in [-0.2, 0) is 14.4 Å². The standard InChI is InChI=1S/C28H24N2O6S/c1-37-15-14-24(27(33)36-30-25(31)21-12-6-7-13-22(21)26(30)32)29-28(34)35-16-23-19-10-4-2-8-17(19)18-9-3-5-11-20(18)23/h2-13,23-24H,14-16H2,1H3,(H,29,34)/t24-/m0/s1. The van der Waals surface area contributed by atoms with Gasteiger partial charge in [-0.05, 0) is 52.8 Å². The number of hydroxylamine groups is 2. The molecular weight excluding hydrogens is 492 g/mol. The molecule has 5 rings (SSSR count). The Balaban J connectivity index is 1.25. The summed E-state index contributed by atoms with van der Waals surface area (Å²) in [5.41, 5.74) is 4.67. The van der Waals surface area contributed by atoms with Crippen LogP contribution in [0.2, 0.25) is 0 Å². The van der Waals surface area contributed by atoms with Crippen molar-refractivity contribution in [3.63, 3.8) is 0 Å². The minimum atomic E-state index is -1.10. The molecule has 1 heterocycles. The molecule has 1 N–H and O–H groups in total. The second-order valence-corrected chi connectivity index (χ2v) is 9.65. The zero-order valence-electron chi connectivity index (χ0n) is 20.0. The highest BCUT2D eigenvalue weighted by molar-refractivity contribution is 7.98. The van der Waals surface area contributed by atoms with E-state index in [1.807, 2.05) is 54.8 Å². The molecule has 2 aliphatic rings. The average Bonchev–Trinajstić information content (AvgIpc) is 3.37. The lowest BCUT2D eigenvalue weighted by molar-refractivity contribution is -0.171. The topological polar surface area (TPSA) is 102 Å². The van der Waals surface area contributed by atoms with Crippen molar-refractivity contribution >= 4 is 35.6 Å². The van der Waals surface area contributed by atoms with Crippen LogP contribution in [0.4, 0.5) is 4.79 Å². The first-order valence-corrected chi connectivity index (χ1v) is 13.2. The molecule has 1 atom stereocenters. The number of ether oxygens (including phenoxy) is 1. The molecule has 0 aromatic heterocycles. The van der Waals surface area contributed by atoms with E-state index < -0.39 is 29.9 Å². The van der Waals surface area contributed by atoms with Crippen LogP contribution in [0.1, 0.15) is 44.2 Å². The van der Waals surface area contributed by atoms with Crippen LogP contribution in [-0.4, -0.2) is 53.6 Å². The second kappa shape index (κ2) is 10.5.